The molecule has 0 spiro atoms. The maximum Gasteiger partial charge on any atom is 0.129 e. The summed E-state index contributed by atoms with van der Waals surface area (Å²) in [5.74, 6) is 0.688. The lowest BCUT2D eigenvalue weighted by Crippen LogP contribution is -2.47. The average molecular weight is 313 g/mol. The van der Waals surface area contributed by atoms with Crippen molar-refractivity contribution in [3.8, 4) is 0 Å². The number of nitrogens with one attached hydrogen (secondary N) is 2. The van der Waals surface area contributed by atoms with Crippen LogP contribution in [-0.2, 0) is 5.54 Å². The van der Waals surface area contributed by atoms with Gasteiger partial charge in [0.25, 0.3) is 0 Å². The van der Waals surface area contributed by atoms with Gasteiger partial charge in [0.1, 0.15) is 12.1 Å². The number of rotatable bonds is 5. The van der Waals surface area contributed by atoms with E-state index in [9.17, 15) is 5.11 Å². The summed E-state index contributed by atoms with van der Waals surface area (Å²) in [5.41, 5.74) is 7.82. The van der Waals surface area contributed by atoms with Gasteiger partial charge in [-0.05, 0) is 31.5 Å². The highest BCUT2D eigenvalue weighted by Crippen LogP contribution is 2.27. The summed E-state index contributed by atoms with van der Waals surface area (Å²) in [7, 11) is 0. The summed E-state index contributed by atoms with van der Waals surface area (Å²) in [6.07, 6.45) is 2.66. The van der Waals surface area contributed by atoms with Crippen molar-refractivity contribution in [3.63, 3.8) is 0 Å². The summed E-state index contributed by atoms with van der Waals surface area (Å²) >= 11 is 0. The second-order valence-electron chi connectivity index (χ2n) is 6.00. The van der Waals surface area contributed by atoms with Crippen molar-refractivity contribution in [1.29, 1.82) is 0 Å². The van der Waals surface area contributed by atoms with Gasteiger partial charge in [-0.1, -0.05) is 30.3 Å². The molecule has 1 unspecified atom stereocenters. The van der Waals surface area contributed by atoms with E-state index in [0.717, 1.165) is 37.2 Å². The molecule has 1 aliphatic heterocycles. The van der Waals surface area contributed by atoms with Crippen LogP contribution in [0.1, 0.15) is 30.2 Å². The van der Waals surface area contributed by atoms with E-state index in [-0.39, 0.29) is 0 Å². The Hall–Kier alpha value is -2.02. The van der Waals surface area contributed by atoms with Crippen molar-refractivity contribution in [3.05, 3.63) is 54.0 Å². The van der Waals surface area contributed by atoms with Gasteiger partial charge in [-0.25, -0.2) is 9.97 Å². The highest BCUT2D eigenvalue weighted by molar-refractivity contribution is 5.37. The second kappa shape index (κ2) is 7.04. The van der Waals surface area contributed by atoms with Gasteiger partial charge in [0.15, 0.2) is 0 Å². The number of aliphatic hydroxyl groups is 1. The summed E-state index contributed by atoms with van der Waals surface area (Å²) in [4.78, 5) is 8.58. The smallest absolute Gasteiger partial charge is 0.129 e. The molecule has 1 aliphatic rings. The van der Waals surface area contributed by atoms with Crippen molar-refractivity contribution in [2.75, 3.05) is 25.0 Å². The number of benzene rings is 1. The molecule has 1 fully saturated rings. The first-order valence-electron chi connectivity index (χ1n) is 7.96. The van der Waals surface area contributed by atoms with Crippen LogP contribution in [0.5, 0.6) is 0 Å². The molecule has 5 N–H and O–H groups in total. The van der Waals surface area contributed by atoms with Crippen LogP contribution in [0.3, 0.4) is 0 Å². The number of hydrogen-bond donors (Lipinski definition) is 4. The van der Waals surface area contributed by atoms with Gasteiger partial charge in [-0.3, -0.25) is 0 Å². The van der Waals surface area contributed by atoms with Crippen molar-refractivity contribution < 1.29 is 5.11 Å². The molecule has 0 aliphatic carbocycles. The van der Waals surface area contributed by atoms with E-state index in [1.54, 1.807) is 0 Å². The van der Waals surface area contributed by atoms with E-state index in [1.165, 1.54) is 6.33 Å². The number of piperidine rings is 1. The molecule has 6 heteroatoms. The maximum atomic E-state index is 10.2. The number of nitrogens with zero attached hydrogens (tertiary/aromatic N) is 2. The zero-order valence-corrected chi connectivity index (χ0v) is 13.1. The van der Waals surface area contributed by atoms with Crippen molar-refractivity contribution >= 4 is 5.82 Å². The van der Waals surface area contributed by atoms with E-state index in [4.69, 9.17) is 5.73 Å². The predicted molar refractivity (Wildman–Crippen MR) is 89.9 cm³/mol. The molecule has 6 nitrogen and oxygen atoms in total. The first kappa shape index (κ1) is 15.9. The number of nitrogens with two attached hydrogens (primary N) is 1. The zero-order chi connectivity index (χ0) is 16.1. The Morgan fingerprint density at radius 1 is 1.22 bits per heavy atom. The van der Waals surface area contributed by atoms with E-state index in [1.807, 2.05) is 36.4 Å². The van der Waals surface area contributed by atoms with Crippen LogP contribution in [0.4, 0.5) is 5.82 Å². The molecule has 1 aromatic heterocycles. The van der Waals surface area contributed by atoms with E-state index < -0.39 is 11.6 Å². The van der Waals surface area contributed by atoms with E-state index in [0.29, 0.717) is 12.4 Å². The van der Waals surface area contributed by atoms with Gasteiger partial charge in [0, 0.05) is 12.6 Å². The monoisotopic (exact) mass is 313 g/mol. The minimum atomic E-state index is -0.583. The Balaban J connectivity index is 1.66. The molecular formula is C17H23N5O. The van der Waals surface area contributed by atoms with Gasteiger partial charge in [-0.2, -0.15) is 0 Å². The lowest BCUT2D eigenvalue weighted by atomic mass is 9.86. The van der Waals surface area contributed by atoms with Gasteiger partial charge in [-0.15, -0.1) is 0 Å². The topological polar surface area (TPSA) is 96.1 Å². The number of aliphatic hydroxyl groups excluding tert-OH is 1. The summed E-state index contributed by atoms with van der Waals surface area (Å²) in [6, 6.07) is 11.5. The third-order valence-corrected chi connectivity index (χ3v) is 4.33. The molecule has 1 atom stereocenters. The predicted octanol–water partition coefficient (Wildman–Crippen LogP) is 1.16. The molecule has 122 valence electrons. The Labute approximate surface area is 136 Å². The van der Waals surface area contributed by atoms with Crippen LogP contribution in [0, 0.1) is 0 Å². The highest BCUT2D eigenvalue weighted by Gasteiger charge is 2.31. The van der Waals surface area contributed by atoms with Crippen molar-refractivity contribution in [2.45, 2.75) is 24.5 Å². The van der Waals surface area contributed by atoms with Crippen LogP contribution in [0.2, 0.25) is 0 Å². The molecule has 23 heavy (non-hydrogen) atoms. The second-order valence-corrected chi connectivity index (χ2v) is 6.00. The van der Waals surface area contributed by atoms with Crippen molar-refractivity contribution in [1.82, 2.24) is 15.3 Å². The van der Waals surface area contributed by atoms with Crippen LogP contribution in [0.15, 0.2) is 42.7 Å². The molecule has 0 saturated carbocycles. The standard InChI is InChI=1S/C17H23N5O/c18-17(6-8-19-9-7-17)15-10-16(22-12-21-15)20-11-14(23)13-4-2-1-3-5-13/h1-5,10,12,14,19,23H,6-9,11,18H2,(H,20,21,22). The van der Waals surface area contributed by atoms with Crippen LogP contribution < -0.4 is 16.4 Å². The third-order valence-electron chi connectivity index (χ3n) is 4.33. The van der Waals surface area contributed by atoms with Gasteiger partial charge < -0.3 is 21.5 Å². The first-order valence-corrected chi connectivity index (χ1v) is 7.96. The number of hydrogen-bond acceptors (Lipinski definition) is 6. The molecule has 2 heterocycles. The van der Waals surface area contributed by atoms with Crippen LogP contribution >= 0.6 is 0 Å². The molecule has 3 rings (SSSR count). The third kappa shape index (κ3) is 3.85. The van der Waals surface area contributed by atoms with Gasteiger partial charge in [0.2, 0.25) is 0 Å². The maximum absolute atomic E-state index is 10.2. The fourth-order valence-corrected chi connectivity index (χ4v) is 2.85. The lowest BCUT2D eigenvalue weighted by molar-refractivity contribution is 0.191. The molecule has 1 aromatic carbocycles. The normalized spacial score (nSPS) is 18.3. The Bertz CT molecular complexity index is 628. The average Bonchev–Trinajstić information content (AvgIpc) is 2.61. The first-order chi connectivity index (χ1) is 11.2. The van der Waals surface area contributed by atoms with Gasteiger partial charge >= 0.3 is 0 Å². The SMILES string of the molecule is NC1(c2cc(NCC(O)c3ccccc3)ncn2)CCNCC1. The van der Waals surface area contributed by atoms with Crippen LogP contribution in [0.25, 0.3) is 0 Å². The van der Waals surface area contributed by atoms with Crippen molar-refractivity contribution in [2.24, 2.45) is 5.73 Å². The lowest BCUT2D eigenvalue weighted by Gasteiger charge is -2.33. The molecule has 1 saturated heterocycles. The summed E-state index contributed by atoms with van der Waals surface area (Å²) in [6.45, 7) is 2.19. The highest BCUT2D eigenvalue weighted by atomic mass is 16.3. The fraction of sp³-hybridized carbons (Fsp3) is 0.412. The zero-order valence-electron chi connectivity index (χ0n) is 13.1. The summed E-state index contributed by atoms with van der Waals surface area (Å²) in [5, 5.41) is 16.7. The number of aromatic nitrogens is 2. The molecular weight excluding hydrogens is 290 g/mol. The minimum absolute atomic E-state index is 0.388. The molecule has 0 radical (unpaired) electrons. The Morgan fingerprint density at radius 2 is 1.96 bits per heavy atom. The largest absolute Gasteiger partial charge is 0.387 e. The summed E-state index contributed by atoms with van der Waals surface area (Å²) < 4.78 is 0. The molecule has 0 amide bonds. The number of anilines is 1. The minimum Gasteiger partial charge on any atom is -0.387 e. The molecule has 2 aromatic rings. The van der Waals surface area contributed by atoms with E-state index >= 15 is 0 Å². The quantitative estimate of drug-likeness (QED) is 0.661. The van der Waals surface area contributed by atoms with Crippen LogP contribution in [-0.4, -0.2) is 34.7 Å². The Morgan fingerprint density at radius 3 is 2.70 bits per heavy atom. The van der Waals surface area contributed by atoms with Gasteiger partial charge in [0.05, 0.1) is 17.3 Å². The van der Waals surface area contributed by atoms with E-state index in [2.05, 4.69) is 20.6 Å². The fourth-order valence-electron chi connectivity index (χ4n) is 2.85. The Kier molecular flexibility index (Phi) is 4.85. The molecule has 0 bridgehead atoms.